The van der Waals surface area contributed by atoms with Crippen molar-refractivity contribution >= 4 is 17.6 Å². The largest absolute Gasteiger partial charge is 0.545 e. The Bertz CT molecular complexity index is 457. The Hall–Kier alpha value is -2.24. The molecular weight excluding hydrogens is 220 g/mol. The maximum absolute atomic E-state index is 13.0. The molecule has 0 aromatic heterocycles. The van der Waals surface area contributed by atoms with E-state index in [0.717, 1.165) is 12.1 Å². The molecule has 0 aliphatic rings. The zero-order valence-electron chi connectivity index (χ0n) is 7.87. The average molecular weight is 226 g/mol. The molecule has 0 spiro atoms. The molecule has 4 nitrogen and oxygen atoms in total. The van der Waals surface area contributed by atoms with E-state index in [4.69, 9.17) is 0 Å². The molecule has 0 saturated carbocycles. The van der Waals surface area contributed by atoms with Crippen LogP contribution in [0, 0.1) is 11.6 Å². The summed E-state index contributed by atoms with van der Waals surface area (Å²) in [6.07, 6.45) is 1.16. The van der Waals surface area contributed by atoms with Crippen molar-refractivity contribution in [3.05, 3.63) is 42.0 Å². The first-order chi connectivity index (χ1) is 7.49. The molecule has 0 bridgehead atoms. The number of benzene rings is 1. The molecular formula is C10H6F2NO3-. The number of anilines is 1. The second-order valence-electron chi connectivity index (χ2n) is 2.77. The second-order valence-corrected chi connectivity index (χ2v) is 2.77. The first kappa shape index (κ1) is 11.8. The summed E-state index contributed by atoms with van der Waals surface area (Å²) < 4.78 is 25.5. The molecule has 0 aliphatic carbocycles. The summed E-state index contributed by atoms with van der Waals surface area (Å²) in [5, 5.41) is 12.0. The molecule has 1 N–H and O–H groups in total. The Morgan fingerprint density at radius 1 is 1.25 bits per heavy atom. The van der Waals surface area contributed by atoms with Crippen molar-refractivity contribution in [2.45, 2.75) is 0 Å². The van der Waals surface area contributed by atoms with Crippen LogP contribution >= 0.6 is 0 Å². The van der Waals surface area contributed by atoms with Gasteiger partial charge in [-0.05, 0) is 18.2 Å². The molecule has 0 fully saturated rings. The van der Waals surface area contributed by atoms with Gasteiger partial charge in [0.25, 0.3) is 0 Å². The minimum Gasteiger partial charge on any atom is -0.545 e. The minimum absolute atomic E-state index is 0.241. The lowest BCUT2D eigenvalue weighted by Crippen LogP contribution is -2.20. The van der Waals surface area contributed by atoms with Crippen molar-refractivity contribution in [1.29, 1.82) is 0 Å². The summed E-state index contributed by atoms with van der Waals surface area (Å²) in [5.74, 6) is -4.12. The first-order valence-electron chi connectivity index (χ1n) is 4.14. The number of carbonyl (C=O) groups excluding carboxylic acids is 2. The quantitative estimate of drug-likeness (QED) is 0.749. The molecule has 1 aromatic rings. The van der Waals surface area contributed by atoms with Gasteiger partial charge in [0, 0.05) is 12.1 Å². The normalized spacial score (nSPS) is 10.4. The predicted octanol–water partition coefficient (Wildman–Crippen LogP) is 0.209. The Morgan fingerprint density at radius 2 is 1.94 bits per heavy atom. The van der Waals surface area contributed by atoms with Crippen molar-refractivity contribution in [3.8, 4) is 0 Å². The van der Waals surface area contributed by atoms with E-state index in [2.05, 4.69) is 0 Å². The van der Waals surface area contributed by atoms with E-state index < -0.39 is 23.5 Å². The van der Waals surface area contributed by atoms with Gasteiger partial charge in [0.05, 0.1) is 11.7 Å². The second kappa shape index (κ2) is 5.01. The number of nitrogens with one attached hydrogen (secondary N) is 1. The van der Waals surface area contributed by atoms with Gasteiger partial charge >= 0.3 is 0 Å². The van der Waals surface area contributed by atoms with Crippen molar-refractivity contribution in [1.82, 2.24) is 0 Å². The van der Waals surface area contributed by atoms with E-state index in [0.29, 0.717) is 18.2 Å². The molecule has 1 amide bonds. The Balaban J connectivity index is 2.73. The van der Waals surface area contributed by atoms with Gasteiger partial charge in [0.1, 0.15) is 11.6 Å². The Morgan fingerprint density at radius 3 is 2.50 bits per heavy atom. The van der Waals surface area contributed by atoms with Crippen LogP contribution in [0.5, 0.6) is 0 Å². The molecule has 0 atom stereocenters. The number of amides is 1. The molecule has 1 aromatic carbocycles. The molecule has 16 heavy (non-hydrogen) atoms. The van der Waals surface area contributed by atoms with Crippen LogP contribution in [0.2, 0.25) is 0 Å². The number of hydrogen-bond donors (Lipinski definition) is 1. The molecule has 0 heterocycles. The number of aliphatic carboxylic acids is 1. The molecule has 1 rings (SSSR count). The highest BCUT2D eigenvalue weighted by molar-refractivity contribution is 6.02. The third kappa shape index (κ3) is 3.49. The average Bonchev–Trinajstić information content (AvgIpc) is 2.19. The van der Waals surface area contributed by atoms with Gasteiger partial charge in [-0.15, -0.1) is 0 Å². The van der Waals surface area contributed by atoms with Crippen LogP contribution in [0.3, 0.4) is 0 Å². The summed E-state index contributed by atoms with van der Waals surface area (Å²) in [6, 6.07) is 2.58. The highest BCUT2D eigenvalue weighted by atomic mass is 19.1. The highest BCUT2D eigenvalue weighted by Crippen LogP contribution is 2.14. The lowest BCUT2D eigenvalue weighted by atomic mass is 10.3. The van der Waals surface area contributed by atoms with E-state index in [1.54, 1.807) is 0 Å². The topological polar surface area (TPSA) is 69.2 Å². The Labute approximate surface area is 89.2 Å². The zero-order valence-corrected chi connectivity index (χ0v) is 7.87. The van der Waals surface area contributed by atoms with Gasteiger partial charge < -0.3 is 15.2 Å². The number of hydrogen-bond acceptors (Lipinski definition) is 3. The van der Waals surface area contributed by atoms with Crippen LogP contribution in [0.1, 0.15) is 0 Å². The van der Waals surface area contributed by atoms with Gasteiger partial charge in [-0.2, -0.15) is 0 Å². The van der Waals surface area contributed by atoms with E-state index >= 15 is 0 Å². The third-order valence-corrected chi connectivity index (χ3v) is 1.56. The smallest absolute Gasteiger partial charge is 0.248 e. The lowest BCUT2D eigenvalue weighted by molar-refractivity contribution is -0.297. The lowest BCUT2D eigenvalue weighted by Gasteiger charge is -2.03. The predicted molar refractivity (Wildman–Crippen MR) is 49.1 cm³/mol. The minimum atomic E-state index is -1.55. The van der Waals surface area contributed by atoms with Crippen LogP contribution in [0.15, 0.2) is 30.4 Å². The van der Waals surface area contributed by atoms with Crippen LogP contribution in [-0.2, 0) is 9.59 Å². The highest BCUT2D eigenvalue weighted by Gasteiger charge is 2.05. The van der Waals surface area contributed by atoms with Gasteiger partial charge in [0.15, 0.2) is 0 Å². The molecule has 0 radical (unpaired) electrons. The molecule has 6 heteroatoms. The summed E-state index contributed by atoms with van der Waals surface area (Å²) >= 11 is 0. The number of carbonyl (C=O) groups is 2. The molecule has 0 saturated heterocycles. The zero-order chi connectivity index (χ0) is 12.1. The summed E-state index contributed by atoms with van der Waals surface area (Å²) in [5.41, 5.74) is -0.241. The monoisotopic (exact) mass is 226 g/mol. The molecule has 0 aliphatic heterocycles. The third-order valence-electron chi connectivity index (χ3n) is 1.56. The van der Waals surface area contributed by atoms with Gasteiger partial charge in [-0.3, -0.25) is 4.79 Å². The fraction of sp³-hybridized carbons (Fsp3) is 0. The Kier molecular flexibility index (Phi) is 3.71. The fourth-order valence-corrected chi connectivity index (χ4v) is 0.909. The van der Waals surface area contributed by atoms with Crippen molar-refractivity contribution in [2.24, 2.45) is 0 Å². The van der Waals surface area contributed by atoms with Crippen molar-refractivity contribution in [3.63, 3.8) is 0 Å². The van der Waals surface area contributed by atoms with Crippen LogP contribution in [0.25, 0.3) is 0 Å². The first-order valence-corrected chi connectivity index (χ1v) is 4.14. The van der Waals surface area contributed by atoms with Crippen LogP contribution in [0.4, 0.5) is 14.5 Å². The maximum Gasteiger partial charge on any atom is 0.248 e. The molecule has 84 valence electrons. The van der Waals surface area contributed by atoms with Gasteiger partial charge in [-0.25, -0.2) is 8.78 Å². The summed E-state index contributed by atoms with van der Waals surface area (Å²) in [4.78, 5) is 21.0. The van der Waals surface area contributed by atoms with Crippen LogP contribution < -0.4 is 10.4 Å². The summed E-state index contributed by atoms with van der Waals surface area (Å²) in [6.45, 7) is 0. The number of carboxylic acid groups (broad SMARTS) is 1. The van der Waals surface area contributed by atoms with Crippen molar-refractivity contribution in [2.75, 3.05) is 5.32 Å². The van der Waals surface area contributed by atoms with Crippen LogP contribution in [-0.4, -0.2) is 11.9 Å². The maximum atomic E-state index is 13.0. The SMILES string of the molecule is O=C([O-])C=CC(=O)Nc1ccc(F)cc1F. The number of carboxylic acids is 1. The van der Waals surface area contributed by atoms with Gasteiger partial charge in [-0.1, -0.05) is 0 Å². The van der Waals surface area contributed by atoms with E-state index in [9.17, 15) is 23.5 Å². The standard InChI is InChI=1S/C10H7F2NO3/c11-6-1-2-8(7(12)5-6)13-9(14)3-4-10(15)16/h1-5H,(H,13,14)(H,15,16)/p-1. The van der Waals surface area contributed by atoms with Crippen molar-refractivity contribution < 1.29 is 23.5 Å². The number of halogens is 2. The van der Waals surface area contributed by atoms with Gasteiger partial charge in [0.2, 0.25) is 5.91 Å². The van der Waals surface area contributed by atoms with E-state index in [1.165, 1.54) is 0 Å². The molecule has 0 unspecified atom stereocenters. The summed E-state index contributed by atoms with van der Waals surface area (Å²) in [7, 11) is 0. The number of rotatable bonds is 3. The van der Waals surface area contributed by atoms with E-state index in [1.807, 2.05) is 5.32 Å². The van der Waals surface area contributed by atoms with E-state index in [-0.39, 0.29) is 5.69 Å². The fourth-order valence-electron chi connectivity index (χ4n) is 0.909.